The fraction of sp³-hybridized carbons (Fsp3) is 0. The van der Waals surface area contributed by atoms with Gasteiger partial charge in [-0.05, 0) is 106 Å². The molecular formula is C62H40N2S. The molecule has 0 aliphatic carbocycles. The Morgan fingerprint density at radius 1 is 0.369 bits per heavy atom. The Labute approximate surface area is 382 Å². The number of hydrogen-bond acceptors (Lipinski definition) is 2. The topological polar surface area (TPSA) is 8.17 Å². The largest absolute Gasteiger partial charge is 0.310 e. The normalized spacial score (nSPS) is 11.3. The molecule has 2 aromatic heterocycles. The SMILES string of the molecule is C(#Cc1ccc(N(c2cccc(-c3ccccc3)c2)c2cccc3sc4cc(-c5ccccc5)ccc4c23)cc1-n1c2ccccc2c2c(-c3ccccc3)cccc21)c1ccccc1. The van der Waals surface area contributed by atoms with E-state index in [9.17, 15) is 0 Å². The van der Waals surface area contributed by atoms with Crippen molar-refractivity contribution in [2.24, 2.45) is 0 Å². The maximum absolute atomic E-state index is 3.65. The summed E-state index contributed by atoms with van der Waals surface area (Å²) in [5.41, 5.74) is 15.6. The van der Waals surface area contributed by atoms with Gasteiger partial charge in [-0.3, -0.25) is 0 Å². The number of hydrogen-bond donors (Lipinski definition) is 0. The summed E-state index contributed by atoms with van der Waals surface area (Å²) in [6.45, 7) is 0. The standard InChI is InChI=1S/C62H40N2S/c1-5-18-43(19-6-1)34-35-47-36-38-51(42-58(47)64-55-30-14-13-28-53(55)61-52(29-16-31-56(61)64)46-24-11-4-12-25-46)63(50-27-15-26-48(40-50)44-20-7-2-8-21-44)57-32-17-33-59-62(57)54-39-37-49(41-60(54)65-59)45-22-9-3-10-23-45/h1-33,36-42H. The van der Waals surface area contributed by atoms with E-state index < -0.39 is 0 Å². The maximum atomic E-state index is 3.65. The maximum Gasteiger partial charge on any atom is 0.0639 e. The summed E-state index contributed by atoms with van der Waals surface area (Å²) >= 11 is 1.85. The van der Waals surface area contributed by atoms with Crippen molar-refractivity contribution < 1.29 is 0 Å². The van der Waals surface area contributed by atoms with Crippen molar-refractivity contribution in [3.8, 4) is 50.9 Å². The van der Waals surface area contributed by atoms with Crippen LogP contribution >= 0.6 is 11.3 Å². The summed E-state index contributed by atoms with van der Waals surface area (Å²) in [5, 5.41) is 4.89. The minimum atomic E-state index is 0.941. The molecule has 0 atom stereocenters. The van der Waals surface area contributed by atoms with Crippen LogP contribution in [-0.2, 0) is 0 Å². The molecule has 0 N–H and O–H groups in total. The van der Waals surface area contributed by atoms with Crippen molar-refractivity contribution in [3.63, 3.8) is 0 Å². The average Bonchev–Trinajstić information content (AvgIpc) is 3.93. The molecule has 0 radical (unpaired) electrons. The van der Waals surface area contributed by atoms with Crippen LogP contribution in [0.2, 0.25) is 0 Å². The Morgan fingerprint density at radius 2 is 0.985 bits per heavy atom. The first-order valence-electron chi connectivity index (χ1n) is 22.0. The van der Waals surface area contributed by atoms with Gasteiger partial charge < -0.3 is 9.47 Å². The summed E-state index contributed by atoms with van der Waals surface area (Å²) in [7, 11) is 0. The zero-order valence-corrected chi connectivity index (χ0v) is 36.2. The first-order chi connectivity index (χ1) is 32.2. The minimum Gasteiger partial charge on any atom is -0.310 e. The average molecular weight is 845 g/mol. The highest BCUT2D eigenvalue weighted by molar-refractivity contribution is 7.26. The predicted octanol–water partition coefficient (Wildman–Crippen LogP) is 17.0. The lowest BCUT2D eigenvalue weighted by atomic mass is 9.99. The molecule has 0 fully saturated rings. The number of aromatic nitrogens is 1. The van der Waals surface area contributed by atoms with Gasteiger partial charge in [0, 0.05) is 53.4 Å². The van der Waals surface area contributed by atoms with E-state index in [0.717, 1.165) is 50.5 Å². The van der Waals surface area contributed by atoms with Gasteiger partial charge in [0.15, 0.2) is 0 Å². The van der Waals surface area contributed by atoms with Gasteiger partial charge in [-0.25, -0.2) is 0 Å². The molecule has 0 aliphatic rings. The molecule has 12 rings (SSSR count). The van der Waals surface area contributed by atoms with Crippen LogP contribution in [0.3, 0.4) is 0 Å². The lowest BCUT2D eigenvalue weighted by molar-refractivity contribution is 1.16. The molecule has 0 spiro atoms. The van der Waals surface area contributed by atoms with Gasteiger partial charge in [-0.1, -0.05) is 182 Å². The van der Waals surface area contributed by atoms with Crippen LogP contribution < -0.4 is 4.90 Å². The Bertz CT molecular complexity index is 3760. The highest BCUT2D eigenvalue weighted by Gasteiger charge is 2.23. The van der Waals surface area contributed by atoms with E-state index in [1.165, 1.54) is 58.8 Å². The highest BCUT2D eigenvalue weighted by atomic mass is 32.1. The number of para-hydroxylation sites is 1. The Hall–Kier alpha value is -8.42. The van der Waals surface area contributed by atoms with Crippen molar-refractivity contribution in [2.45, 2.75) is 0 Å². The summed E-state index contributed by atoms with van der Waals surface area (Å²) in [6, 6.07) is 87.3. The number of anilines is 3. The van der Waals surface area contributed by atoms with Gasteiger partial charge in [0.2, 0.25) is 0 Å². The number of nitrogens with zero attached hydrogens (tertiary/aromatic N) is 2. The van der Waals surface area contributed by atoms with Gasteiger partial charge in [0.1, 0.15) is 0 Å². The number of rotatable bonds is 7. The van der Waals surface area contributed by atoms with E-state index in [0.29, 0.717) is 0 Å². The highest BCUT2D eigenvalue weighted by Crippen LogP contribution is 2.47. The van der Waals surface area contributed by atoms with E-state index in [-0.39, 0.29) is 0 Å². The molecule has 0 saturated carbocycles. The first-order valence-corrected chi connectivity index (χ1v) is 22.8. The molecule has 2 heterocycles. The van der Waals surface area contributed by atoms with Gasteiger partial charge >= 0.3 is 0 Å². The molecule has 3 heteroatoms. The summed E-state index contributed by atoms with van der Waals surface area (Å²) in [4.78, 5) is 2.45. The van der Waals surface area contributed by atoms with Gasteiger partial charge in [0.05, 0.1) is 22.4 Å². The molecule has 65 heavy (non-hydrogen) atoms. The Morgan fingerprint density at radius 3 is 1.75 bits per heavy atom. The molecule has 304 valence electrons. The number of thiophene rings is 1. The van der Waals surface area contributed by atoms with Crippen molar-refractivity contribution in [1.82, 2.24) is 4.57 Å². The third-order valence-corrected chi connectivity index (χ3v) is 13.5. The zero-order chi connectivity index (χ0) is 43.1. The van der Waals surface area contributed by atoms with Gasteiger partial charge in [-0.2, -0.15) is 0 Å². The lowest BCUT2D eigenvalue weighted by Gasteiger charge is -2.28. The van der Waals surface area contributed by atoms with Crippen molar-refractivity contribution >= 4 is 70.4 Å². The molecule has 12 aromatic rings. The second kappa shape index (κ2) is 16.4. The fourth-order valence-corrected chi connectivity index (χ4v) is 10.6. The third-order valence-electron chi connectivity index (χ3n) is 12.4. The van der Waals surface area contributed by atoms with Crippen LogP contribution in [0.25, 0.3) is 81.0 Å². The Balaban J connectivity index is 1.14. The molecular weight excluding hydrogens is 805 g/mol. The molecule has 10 aromatic carbocycles. The predicted molar refractivity (Wildman–Crippen MR) is 277 cm³/mol. The van der Waals surface area contributed by atoms with Crippen LogP contribution in [0.1, 0.15) is 11.1 Å². The van der Waals surface area contributed by atoms with Gasteiger partial charge in [-0.15, -0.1) is 11.3 Å². The van der Waals surface area contributed by atoms with Crippen LogP contribution in [0.4, 0.5) is 17.1 Å². The van der Waals surface area contributed by atoms with Crippen LogP contribution in [0.15, 0.2) is 243 Å². The fourth-order valence-electron chi connectivity index (χ4n) is 9.43. The van der Waals surface area contributed by atoms with Crippen molar-refractivity contribution in [1.29, 1.82) is 0 Å². The van der Waals surface area contributed by atoms with E-state index in [1.54, 1.807) is 0 Å². The molecule has 0 amide bonds. The van der Waals surface area contributed by atoms with E-state index >= 15 is 0 Å². The third kappa shape index (κ3) is 6.94. The molecule has 0 unspecified atom stereocenters. The monoisotopic (exact) mass is 844 g/mol. The molecule has 0 bridgehead atoms. The second-order valence-corrected chi connectivity index (χ2v) is 17.4. The molecule has 2 nitrogen and oxygen atoms in total. The smallest absolute Gasteiger partial charge is 0.0639 e. The summed E-state index contributed by atoms with van der Waals surface area (Å²) in [6.07, 6.45) is 0. The number of fused-ring (bicyclic) bond motifs is 6. The van der Waals surface area contributed by atoms with E-state index in [4.69, 9.17) is 0 Å². The van der Waals surface area contributed by atoms with Crippen LogP contribution in [0.5, 0.6) is 0 Å². The van der Waals surface area contributed by atoms with E-state index in [2.05, 4.69) is 246 Å². The lowest BCUT2D eigenvalue weighted by Crippen LogP contribution is -2.11. The minimum absolute atomic E-state index is 0.941. The quantitative estimate of drug-likeness (QED) is 0.145. The van der Waals surface area contributed by atoms with Crippen LogP contribution in [0, 0.1) is 11.8 Å². The first kappa shape index (κ1) is 38.3. The summed E-state index contributed by atoms with van der Waals surface area (Å²) in [5.74, 6) is 7.17. The molecule has 0 aliphatic heterocycles. The molecule has 0 saturated heterocycles. The Kier molecular flexibility index (Phi) is 9.64. The zero-order valence-electron chi connectivity index (χ0n) is 35.4. The van der Waals surface area contributed by atoms with E-state index in [1.807, 2.05) is 29.5 Å². The van der Waals surface area contributed by atoms with Crippen LogP contribution in [-0.4, -0.2) is 4.57 Å². The summed E-state index contributed by atoms with van der Waals surface area (Å²) < 4.78 is 4.94. The van der Waals surface area contributed by atoms with Crippen molar-refractivity contribution in [3.05, 3.63) is 254 Å². The second-order valence-electron chi connectivity index (χ2n) is 16.3. The van der Waals surface area contributed by atoms with Gasteiger partial charge in [0.25, 0.3) is 0 Å². The van der Waals surface area contributed by atoms with Crippen molar-refractivity contribution in [2.75, 3.05) is 4.90 Å². The number of benzene rings is 10.